The van der Waals surface area contributed by atoms with Gasteiger partial charge in [-0.3, -0.25) is 4.98 Å². The number of thioether (sulfide) groups is 1. The maximum absolute atomic E-state index is 9.17. The molecule has 0 amide bonds. The van der Waals surface area contributed by atoms with E-state index in [0.717, 1.165) is 12.2 Å². The minimum Gasteiger partial charge on any atom is -0.395 e. The van der Waals surface area contributed by atoms with Gasteiger partial charge in [0.25, 0.3) is 0 Å². The summed E-state index contributed by atoms with van der Waals surface area (Å²) in [5.41, 5.74) is 2.28. The van der Waals surface area contributed by atoms with Crippen molar-refractivity contribution in [3.63, 3.8) is 0 Å². The standard InChI is InChI=1S/C12H20N2OS/c1-9-5-4-6-13-11(9)7-14-10(2)12(8-15)16-3/h4-6,10,12,14-15H,7-8H2,1-3H3. The van der Waals surface area contributed by atoms with Crippen molar-refractivity contribution in [2.45, 2.75) is 31.7 Å². The van der Waals surface area contributed by atoms with Crippen molar-refractivity contribution in [1.29, 1.82) is 0 Å². The summed E-state index contributed by atoms with van der Waals surface area (Å²) < 4.78 is 0. The molecule has 90 valence electrons. The highest BCUT2D eigenvalue weighted by atomic mass is 32.2. The highest BCUT2D eigenvalue weighted by molar-refractivity contribution is 7.99. The van der Waals surface area contributed by atoms with E-state index in [1.54, 1.807) is 11.8 Å². The monoisotopic (exact) mass is 240 g/mol. The van der Waals surface area contributed by atoms with Crippen LogP contribution in [0.15, 0.2) is 18.3 Å². The second kappa shape index (κ2) is 6.89. The highest BCUT2D eigenvalue weighted by Gasteiger charge is 2.14. The van der Waals surface area contributed by atoms with Gasteiger partial charge in [0.2, 0.25) is 0 Å². The Bertz CT molecular complexity index is 316. The first-order chi connectivity index (χ1) is 7.69. The van der Waals surface area contributed by atoms with Crippen molar-refractivity contribution < 1.29 is 5.11 Å². The van der Waals surface area contributed by atoms with E-state index in [-0.39, 0.29) is 17.9 Å². The molecule has 0 aliphatic rings. The van der Waals surface area contributed by atoms with Gasteiger partial charge >= 0.3 is 0 Å². The normalized spacial score (nSPS) is 14.8. The number of aliphatic hydroxyl groups excluding tert-OH is 1. The molecule has 0 radical (unpaired) electrons. The molecule has 3 nitrogen and oxygen atoms in total. The van der Waals surface area contributed by atoms with Gasteiger partial charge in [-0.25, -0.2) is 0 Å². The Morgan fingerprint density at radius 3 is 2.88 bits per heavy atom. The number of hydrogen-bond donors (Lipinski definition) is 2. The zero-order valence-corrected chi connectivity index (χ0v) is 10.9. The first-order valence-corrected chi connectivity index (χ1v) is 6.75. The molecule has 1 aromatic heterocycles. The Kier molecular flexibility index (Phi) is 5.80. The maximum atomic E-state index is 9.17. The van der Waals surface area contributed by atoms with Crippen molar-refractivity contribution in [3.8, 4) is 0 Å². The smallest absolute Gasteiger partial charge is 0.0570 e. The van der Waals surface area contributed by atoms with E-state index in [0.29, 0.717) is 0 Å². The number of nitrogens with zero attached hydrogens (tertiary/aromatic N) is 1. The highest BCUT2D eigenvalue weighted by Crippen LogP contribution is 2.11. The van der Waals surface area contributed by atoms with Gasteiger partial charge in [-0.2, -0.15) is 11.8 Å². The molecule has 16 heavy (non-hydrogen) atoms. The average Bonchev–Trinajstić information content (AvgIpc) is 2.29. The molecule has 1 heterocycles. The van der Waals surface area contributed by atoms with E-state index in [4.69, 9.17) is 0 Å². The van der Waals surface area contributed by atoms with Crippen molar-refractivity contribution in [2.75, 3.05) is 12.9 Å². The molecule has 0 aliphatic carbocycles. The van der Waals surface area contributed by atoms with Gasteiger partial charge in [-0.05, 0) is 31.7 Å². The third kappa shape index (κ3) is 3.77. The molecule has 2 atom stereocenters. The Labute approximate surface area is 102 Å². The molecule has 0 spiro atoms. The summed E-state index contributed by atoms with van der Waals surface area (Å²) >= 11 is 1.68. The number of aryl methyl sites for hydroxylation is 1. The predicted molar refractivity (Wildman–Crippen MR) is 69.7 cm³/mol. The van der Waals surface area contributed by atoms with Crippen LogP contribution in [0.4, 0.5) is 0 Å². The number of hydrogen-bond acceptors (Lipinski definition) is 4. The van der Waals surface area contributed by atoms with E-state index in [9.17, 15) is 5.11 Å². The lowest BCUT2D eigenvalue weighted by atomic mass is 10.2. The van der Waals surface area contributed by atoms with Gasteiger partial charge in [-0.15, -0.1) is 0 Å². The van der Waals surface area contributed by atoms with E-state index in [1.165, 1.54) is 5.56 Å². The third-order valence-electron chi connectivity index (χ3n) is 2.75. The molecule has 1 rings (SSSR count). The summed E-state index contributed by atoms with van der Waals surface area (Å²) in [6.45, 7) is 5.11. The van der Waals surface area contributed by atoms with Gasteiger partial charge in [0.15, 0.2) is 0 Å². The van der Waals surface area contributed by atoms with Crippen LogP contribution in [-0.4, -0.2) is 34.2 Å². The molecule has 0 bridgehead atoms. The summed E-state index contributed by atoms with van der Waals surface area (Å²) in [4.78, 5) is 4.33. The molecule has 2 N–H and O–H groups in total. The molecular weight excluding hydrogens is 220 g/mol. The number of pyridine rings is 1. The first kappa shape index (κ1) is 13.5. The summed E-state index contributed by atoms with van der Waals surface area (Å²) in [5, 5.41) is 12.8. The number of nitrogens with one attached hydrogen (secondary N) is 1. The molecule has 1 aromatic rings. The third-order valence-corrected chi connectivity index (χ3v) is 3.91. The van der Waals surface area contributed by atoms with Crippen molar-refractivity contribution in [2.24, 2.45) is 0 Å². The summed E-state index contributed by atoms with van der Waals surface area (Å²) in [6.07, 6.45) is 3.83. The van der Waals surface area contributed by atoms with Crippen LogP contribution in [-0.2, 0) is 6.54 Å². The van der Waals surface area contributed by atoms with Crippen LogP contribution in [0, 0.1) is 6.92 Å². The topological polar surface area (TPSA) is 45.1 Å². The lowest BCUT2D eigenvalue weighted by molar-refractivity contribution is 0.275. The van der Waals surface area contributed by atoms with Crippen LogP contribution in [0.1, 0.15) is 18.2 Å². The SMILES string of the molecule is CSC(CO)C(C)NCc1ncccc1C. The average molecular weight is 240 g/mol. The first-order valence-electron chi connectivity index (χ1n) is 5.46. The molecule has 2 unspecified atom stereocenters. The van der Waals surface area contributed by atoms with Gasteiger partial charge < -0.3 is 10.4 Å². The maximum Gasteiger partial charge on any atom is 0.0570 e. The van der Waals surface area contributed by atoms with Gasteiger partial charge in [0.05, 0.1) is 12.3 Å². The van der Waals surface area contributed by atoms with Gasteiger partial charge in [0, 0.05) is 24.0 Å². The number of aliphatic hydroxyl groups is 1. The summed E-state index contributed by atoms with van der Waals surface area (Å²) in [6, 6.07) is 4.29. The van der Waals surface area contributed by atoms with Crippen LogP contribution >= 0.6 is 11.8 Å². The van der Waals surface area contributed by atoms with Gasteiger partial charge in [0.1, 0.15) is 0 Å². The summed E-state index contributed by atoms with van der Waals surface area (Å²) in [7, 11) is 0. The molecule has 0 saturated carbocycles. The van der Waals surface area contributed by atoms with E-state index in [1.807, 2.05) is 18.5 Å². The Morgan fingerprint density at radius 2 is 2.31 bits per heavy atom. The molecule has 0 fully saturated rings. The van der Waals surface area contributed by atoms with Crippen molar-refractivity contribution >= 4 is 11.8 Å². The largest absolute Gasteiger partial charge is 0.395 e. The van der Waals surface area contributed by atoms with Crippen molar-refractivity contribution in [1.82, 2.24) is 10.3 Å². The Morgan fingerprint density at radius 1 is 1.56 bits per heavy atom. The van der Waals surface area contributed by atoms with E-state index in [2.05, 4.69) is 30.2 Å². The van der Waals surface area contributed by atoms with Crippen LogP contribution in [0.25, 0.3) is 0 Å². The molecule has 0 saturated heterocycles. The van der Waals surface area contributed by atoms with E-state index >= 15 is 0 Å². The number of rotatable bonds is 6. The summed E-state index contributed by atoms with van der Waals surface area (Å²) in [5.74, 6) is 0. The lowest BCUT2D eigenvalue weighted by Crippen LogP contribution is -2.37. The fourth-order valence-corrected chi connectivity index (χ4v) is 2.18. The fraction of sp³-hybridized carbons (Fsp3) is 0.583. The second-order valence-corrected chi connectivity index (χ2v) is 4.97. The van der Waals surface area contributed by atoms with Gasteiger partial charge in [-0.1, -0.05) is 6.07 Å². The zero-order valence-electron chi connectivity index (χ0n) is 10.1. The molecule has 4 heteroatoms. The zero-order chi connectivity index (χ0) is 12.0. The van der Waals surface area contributed by atoms with Crippen LogP contribution < -0.4 is 5.32 Å². The van der Waals surface area contributed by atoms with Crippen LogP contribution in [0.2, 0.25) is 0 Å². The molecular formula is C12H20N2OS. The quantitative estimate of drug-likeness (QED) is 0.792. The minimum atomic E-state index is 0.205. The van der Waals surface area contributed by atoms with Crippen LogP contribution in [0.3, 0.4) is 0 Å². The van der Waals surface area contributed by atoms with Crippen molar-refractivity contribution in [3.05, 3.63) is 29.6 Å². The van der Waals surface area contributed by atoms with Crippen LogP contribution in [0.5, 0.6) is 0 Å². The molecule has 0 aliphatic heterocycles. The predicted octanol–water partition coefficient (Wildman–Crippen LogP) is 1.59. The Hall–Kier alpha value is -0.580. The minimum absolute atomic E-state index is 0.205. The number of aromatic nitrogens is 1. The van der Waals surface area contributed by atoms with E-state index < -0.39 is 0 Å². The molecule has 0 aromatic carbocycles. The second-order valence-electron chi connectivity index (χ2n) is 3.89. The fourth-order valence-electron chi connectivity index (χ4n) is 1.53. The lowest BCUT2D eigenvalue weighted by Gasteiger charge is -2.21. The Balaban J connectivity index is 2.48.